The first kappa shape index (κ1) is 17.5. The molecule has 0 saturated carbocycles. The second kappa shape index (κ2) is 7.03. The number of hydrogen-bond acceptors (Lipinski definition) is 5. The average Bonchev–Trinajstić information content (AvgIpc) is 2.69. The van der Waals surface area contributed by atoms with E-state index in [0.717, 1.165) is 10.7 Å². The van der Waals surface area contributed by atoms with Crippen molar-refractivity contribution in [3.05, 3.63) is 80.6 Å². The number of aromatic amines is 1. The molecule has 0 fully saturated rings. The van der Waals surface area contributed by atoms with Crippen LogP contribution in [0.5, 0.6) is 0 Å². The number of hydrogen-bond donors (Lipinski definition) is 2. The topological polar surface area (TPSA) is 110 Å². The zero-order chi connectivity index (χ0) is 19.7. The molecule has 0 atom stereocenters. The number of nitrogens with one attached hydrogen (secondary N) is 2. The lowest BCUT2D eigenvalue weighted by Gasteiger charge is -2.09. The van der Waals surface area contributed by atoms with Crippen molar-refractivity contribution in [2.75, 3.05) is 6.54 Å². The number of rotatable bonds is 4. The maximum atomic E-state index is 13.4. The highest BCUT2D eigenvalue weighted by Gasteiger charge is 2.12. The molecule has 0 unspecified atom stereocenters. The number of fused-ring (bicyclic) bond motifs is 2. The van der Waals surface area contributed by atoms with Gasteiger partial charge >= 0.3 is 0 Å². The molecule has 4 rings (SSSR count). The number of para-hydroxylation sites is 1. The van der Waals surface area contributed by atoms with Gasteiger partial charge in [0.2, 0.25) is 5.56 Å². The normalized spacial score (nSPS) is 11.0. The van der Waals surface area contributed by atoms with Gasteiger partial charge in [0.25, 0.3) is 11.5 Å². The van der Waals surface area contributed by atoms with E-state index >= 15 is 0 Å². The van der Waals surface area contributed by atoms with Crippen LogP contribution in [0.1, 0.15) is 10.4 Å². The highest BCUT2D eigenvalue weighted by molar-refractivity contribution is 6.05. The van der Waals surface area contributed by atoms with Crippen LogP contribution in [0.15, 0.2) is 58.1 Å². The maximum absolute atomic E-state index is 13.4. The Morgan fingerprint density at radius 2 is 1.93 bits per heavy atom. The summed E-state index contributed by atoms with van der Waals surface area (Å²) in [7, 11) is 0. The van der Waals surface area contributed by atoms with Crippen molar-refractivity contribution in [2.45, 2.75) is 6.54 Å². The van der Waals surface area contributed by atoms with Gasteiger partial charge in [0.05, 0.1) is 17.5 Å². The molecular formula is C19H14FN5O3. The summed E-state index contributed by atoms with van der Waals surface area (Å²) in [6.07, 6.45) is 0. The van der Waals surface area contributed by atoms with Crippen LogP contribution in [0.4, 0.5) is 4.39 Å². The summed E-state index contributed by atoms with van der Waals surface area (Å²) in [6.45, 7) is 0.126. The number of pyridine rings is 1. The fraction of sp³-hybridized carbons (Fsp3) is 0.105. The Bertz CT molecular complexity index is 1330. The molecule has 2 aromatic carbocycles. The van der Waals surface area contributed by atoms with Crippen LogP contribution in [0.25, 0.3) is 21.8 Å². The molecule has 2 heterocycles. The van der Waals surface area contributed by atoms with Crippen LogP contribution in [0.2, 0.25) is 0 Å². The summed E-state index contributed by atoms with van der Waals surface area (Å²) >= 11 is 0. The minimum Gasteiger partial charge on any atom is -0.350 e. The van der Waals surface area contributed by atoms with Gasteiger partial charge in [-0.1, -0.05) is 23.4 Å². The van der Waals surface area contributed by atoms with Crippen molar-refractivity contribution in [3.63, 3.8) is 0 Å². The minimum atomic E-state index is -0.543. The largest absolute Gasteiger partial charge is 0.350 e. The number of aromatic nitrogens is 4. The third kappa shape index (κ3) is 3.25. The number of amides is 1. The van der Waals surface area contributed by atoms with E-state index < -0.39 is 17.3 Å². The van der Waals surface area contributed by atoms with Gasteiger partial charge in [0.1, 0.15) is 11.3 Å². The Labute approximate surface area is 156 Å². The van der Waals surface area contributed by atoms with Crippen molar-refractivity contribution >= 4 is 27.7 Å². The SMILES string of the molecule is O=C(NCCn1nnc2ccc(F)cc2c1=O)c1cc(=O)[nH]c2ccccc12. The molecule has 8 nitrogen and oxygen atoms in total. The van der Waals surface area contributed by atoms with Gasteiger partial charge in [0.15, 0.2) is 0 Å². The van der Waals surface area contributed by atoms with E-state index in [9.17, 15) is 18.8 Å². The summed E-state index contributed by atoms with van der Waals surface area (Å²) < 4.78 is 14.4. The summed E-state index contributed by atoms with van der Waals surface area (Å²) in [5.74, 6) is -0.992. The van der Waals surface area contributed by atoms with E-state index in [0.29, 0.717) is 16.4 Å². The molecule has 4 aromatic rings. The second-order valence-corrected chi connectivity index (χ2v) is 6.13. The molecule has 2 N–H and O–H groups in total. The smallest absolute Gasteiger partial charge is 0.277 e. The molecule has 0 aliphatic rings. The Kier molecular flexibility index (Phi) is 4.40. The number of halogens is 1. The van der Waals surface area contributed by atoms with Gasteiger partial charge in [-0.2, -0.15) is 0 Å². The lowest BCUT2D eigenvalue weighted by atomic mass is 10.1. The predicted octanol–water partition coefficient (Wildman–Crippen LogP) is 1.20. The van der Waals surface area contributed by atoms with E-state index in [2.05, 4.69) is 20.6 Å². The summed E-state index contributed by atoms with van der Waals surface area (Å²) in [5, 5.41) is 11.1. The van der Waals surface area contributed by atoms with E-state index in [1.807, 2.05) is 0 Å². The Morgan fingerprint density at radius 1 is 1.11 bits per heavy atom. The Hall–Kier alpha value is -3.88. The molecule has 0 spiro atoms. The zero-order valence-corrected chi connectivity index (χ0v) is 14.5. The first-order chi connectivity index (χ1) is 13.5. The molecule has 9 heteroatoms. The monoisotopic (exact) mass is 379 g/mol. The molecule has 0 radical (unpaired) electrons. The van der Waals surface area contributed by atoms with Crippen molar-refractivity contribution in [2.24, 2.45) is 0 Å². The van der Waals surface area contributed by atoms with Crippen LogP contribution in [-0.4, -0.2) is 32.4 Å². The lowest BCUT2D eigenvalue weighted by molar-refractivity contribution is 0.0953. The predicted molar refractivity (Wildman–Crippen MR) is 101 cm³/mol. The minimum absolute atomic E-state index is 0.0468. The number of nitrogens with zero attached hydrogens (tertiary/aromatic N) is 3. The molecule has 28 heavy (non-hydrogen) atoms. The molecule has 0 aliphatic carbocycles. The summed E-state index contributed by atoms with van der Waals surface area (Å²) in [5.41, 5.74) is 0.196. The maximum Gasteiger partial charge on any atom is 0.277 e. The molecule has 0 bridgehead atoms. The van der Waals surface area contributed by atoms with Gasteiger partial charge in [-0.05, 0) is 24.3 Å². The van der Waals surface area contributed by atoms with Gasteiger partial charge in [0, 0.05) is 23.5 Å². The van der Waals surface area contributed by atoms with Crippen LogP contribution in [0.3, 0.4) is 0 Å². The first-order valence-electron chi connectivity index (χ1n) is 8.46. The molecule has 0 aliphatic heterocycles. The average molecular weight is 379 g/mol. The van der Waals surface area contributed by atoms with E-state index in [1.54, 1.807) is 24.3 Å². The first-order valence-corrected chi connectivity index (χ1v) is 8.46. The molecule has 2 aromatic heterocycles. The fourth-order valence-corrected chi connectivity index (χ4v) is 2.96. The number of benzene rings is 2. The molecule has 1 amide bonds. The molecule has 0 saturated heterocycles. The van der Waals surface area contributed by atoms with Gasteiger partial charge in [-0.25, -0.2) is 9.07 Å². The van der Waals surface area contributed by atoms with Crippen molar-refractivity contribution in [1.29, 1.82) is 0 Å². The standard InChI is InChI=1S/C19H14FN5O3/c20-11-5-6-16-14(9-11)19(28)25(24-23-16)8-7-21-18(27)13-10-17(26)22-15-4-2-1-3-12(13)15/h1-6,9-10H,7-8H2,(H,21,27)(H,22,26). The Balaban J connectivity index is 1.54. The van der Waals surface area contributed by atoms with Crippen molar-refractivity contribution in [3.8, 4) is 0 Å². The molecule has 140 valence electrons. The lowest BCUT2D eigenvalue weighted by Crippen LogP contribution is -2.33. The van der Waals surface area contributed by atoms with Gasteiger partial charge in [-0.3, -0.25) is 14.4 Å². The van der Waals surface area contributed by atoms with Crippen LogP contribution < -0.4 is 16.4 Å². The number of H-pyrrole nitrogens is 1. The Morgan fingerprint density at radius 3 is 2.79 bits per heavy atom. The third-order valence-electron chi connectivity index (χ3n) is 4.29. The van der Waals surface area contributed by atoms with E-state index in [1.165, 1.54) is 18.2 Å². The summed E-state index contributed by atoms with van der Waals surface area (Å²) in [4.78, 5) is 39.3. The van der Waals surface area contributed by atoms with Gasteiger partial charge in [-0.15, -0.1) is 5.10 Å². The van der Waals surface area contributed by atoms with E-state index in [4.69, 9.17) is 0 Å². The third-order valence-corrected chi connectivity index (χ3v) is 4.29. The van der Waals surface area contributed by atoms with Crippen molar-refractivity contribution in [1.82, 2.24) is 25.3 Å². The number of carbonyl (C=O) groups is 1. The highest BCUT2D eigenvalue weighted by Crippen LogP contribution is 2.14. The highest BCUT2D eigenvalue weighted by atomic mass is 19.1. The fourth-order valence-electron chi connectivity index (χ4n) is 2.96. The van der Waals surface area contributed by atoms with Crippen LogP contribution in [-0.2, 0) is 6.54 Å². The number of carbonyl (C=O) groups excluding carboxylic acids is 1. The zero-order valence-electron chi connectivity index (χ0n) is 14.5. The van der Waals surface area contributed by atoms with Crippen molar-refractivity contribution < 1.29 is 9.18 Å². The molecular weight excluding hydrogens is 365 g/mol. The van der Waals surface area contributed by atoms with Crippen LogP contribution >= 0.6 is 0 Å². The second-order valence-electron chi connectivity index (χ2n) is 6.13. The van der Waals surface area contributed by atoms with E-state index in [-0.39, 0.29) is 29.6 Å². The van der Waals surface area contributed by atoms with Gasteiger partial charge < -0.3 is 10.3 Å². The summed E-state index contributed by atoms with van der Waals surface area (Å²) in [6, 6.07) is 11.9. The van der Waals surface area contributed by atoms with Crippen LogP contribution in [0, 0.1) is 5.82 Å². The quantitative estimate of drug-likeness (QED) is 0.554.